The molecule has 0 bridgehead atoms. The summed E-state index contributed by atoms with van der Waals surface area (Å²) >= 11 is 0. The van der Waals surface area contributed by atoms with Crippen molar-refractivity contribution in [2.24, 2.45) is 5.73 Å². The molecule has 1 atom stereocenters. The Balaban J connectivity index is 2.25. The number of carbonyl (C=O) groups excluding carboxylic acids is 1. The molecule has 3 aromatic rings. The van der Waals surface area contributed by atoms with Crippen LogP contribution in [0.25, 0.3) is 10.9 Å². The number of pyridine rings is 1. The van der Waals surface area contributed by atoms with Crippen molar-refractivity contribution >= 4 is 16.8 Å². The fourth-order valence-corrected chi connectivity index (χ4v) is 3.03. The van der Waals surface area contributed by atoms with Gasteiger partial charge < -0.3 is 20.6 Å². The smallest absolute Gasteiger partial charge is 0.267 e. The highest BCUT2D eigenvalue weighted by atomic mass is 16.5. The Labute approximate surface area is 142 Å². The summed E-state index contributed by atoms with van der Waals surface area (Å²) in [4.78, 5) is 39.0. The Hall–Kier alpha value is -3.29. The summed E-state index contributed by atoms with van der Waals surface area (Å²) in [5, 5.41) is 5.91. The molecule has 25 heavy (non-hydrogen) atoms. The number of H-pyrrole nitrogens is 3. The van der Waals surface area contributed by atoms with Gasteiger partial charge in [0, 0.05) is 40.1 Å². The minimum atomic E-state index is -0.744. The predicted octanol–water partition coefficient (Wildman–Crippen LogP) is 0.869. The number of benzene rings is 1. The number of nitrogens with two attached hydrogens (primary N) is 1. The van der Waals surface area contributed by atoms with Crippen LogP contribution in [0.4, 0.5) is 0 Å². The SMILES string of the molecule is COc1ccc2[nH]c(=O)c(C(CC(N)=O)c3c(C)[nH][nH]c3=O)cc2c1. The Morgan fingerprint density at radius 3 is 2.56 bits per heavy atom. The topological polar surface area (TPSA) is 134 Å². The van der Waals surface area contributed by atoms with Gasteiger partial charge in [-0.05, 0) is 31.2 Å². The van der Waals surface area contributed by atoms with Crippen molar-refractivity contribution < 1.29 is 9.53 Å². The molecule has 3 rings (SSSR count). The molecular weight excluding hydrogens is 324 g/mol. The lowest BCUT2D eigenvalue weighted by Gasteiger charge is -2.15. The van der Waals surface area contributed by atoms with E-state index < -0.39 is 11.8 Å². The third-order valence-corrected chi connectivity index (χ3v) is 4.22. The number of aromatic amines is 3. The van der Waals surface area contributed by atoms with Gasteiger partial charge in [0.1, 0.15) is 5.75 Å². The Kier molecular flexibility index (Phi) is 4.18. The zero-order valence-electron chi connectivity index (χ0n) is 13.8. The van der Waals surface area contributed by atoms with E-state index in [0.29, 0.717) is 28.1 Å². The van der Waals surface area contributed by atoms with E-state index in [1.54, 1.807) is 38.3 Å². The molecule has 0 aliphatic carbocycles. The van der Waals surface area contributed by atoms with Crippen molar-refractivity contribution in [3.05, 3.63) is 61.8 Å². The van der Waals surface area contributed by atoms with Gasteiger partial charge in [-0.2, -0.15) is 0 Å². The number of primary amides is 1. The number of rotatable bonds is 5. The lowest BCUT2D eigenvalue weighted by Crippen LogP contribution is -2.25. The molecule has 130 valence electrons. The van der Waals surface area contributed by atoms with Crippen molar-refractivity contribution in [2.75, 3.05) is 7.11 Å². The quantitative estimate of drug-likeness (QED) is 0.547. The van der Waals surface area contributed by atoms with Crippen LogP contribution >= 0.6 is 0 Å². The van der Waals surface area contributed by atoms with Crippen LogP contribution in [0.2, 0.25) is 0 Å². The average Bonchev–Trinajstić information content (AvgIpc) is 2.90. The molecule has 5 N–H and O–H groups in total. The number of aromatic nitrogens is 3. The van der Waals surface area contributed by atoms with Crippen LogP contribution < -0.4 is 21.6 Å². The third-order valence-electron chi connectivity index (χ3n) is 4.22. The lowest BCUT2D eigenvalue weighted by atomic mass is 9.88. The highest BCUT2D eigenvalue weighted by molar-refractivity contribution is 5.81. The highest BCUT2D eigenvalue weighted by Crippen LogP contribution is 2.27. The standard InChI is InChI=1S/C17H18N4O4/c1-8-15(17(24)21-20-8)11(7-14(18)22)12-6-9-5-10(25-2)3-4-13(9)19-16(12)23/h3-6,11H,7H2,1-2H3,(H2,18,22)(H,19,23)(H2,20,21,24). The van der Waals surface area contributed by atoms with Crippen LogP contribution in [-0.4, -0.2) is 28.2 Å². The van der Waals surface area contributed by atoms with Gasteiger partial charge in [0.15, 0.2) is 0 Å². The first kappa shape index (κ1) is 16.6. The fourth-order valence-electron chi connectivity index (χ4n) is 3.03. The summed E-state index contributed by atoms with van der Waals surface area (Å²) in [6.07, 6.45) is -0.152. The Bertz CT molecular complexity index is 1060. The van der Waals surface area contributed by atoms with E-state index in [1.807, 2.05) is 0 Å². The van der Waals surface area contributed by atoms with E-state index in [1.165, 1.54) is 0 Å². The monoisotopic (exact) mass is 342 g/mol. The summed E-state index contributed by atoms with van der Waals surface area (Å²) in [7, 11) is 1.55. The Morgan fingerprint density at radius 1 is 1.20 bits per heavy atom. The second-order valence-electron chi connectivity index (χ2n) is 5.85. The minimum Gasteiger partial charge on any atom is -0.497 e. The number of hydrogen-bond donors (Lipinski definition) is 4. The molecule has 1 unspecified atom stereocenters. The first-order chi connectivity index (χ1) is 11.9. The van der Waals surface area contributed by atoms with Crippen LogP contribution in [0.1, 0.15) is 29.2 Å². The van der Waals surface area contributed by atoms with Gasteiger partial charge in [-0.1, -0.05) is 0 Å². The largest absolute Gasteiger partial charge is 0.497 e. The van der Waals surface area contributed by atoms with Gasteiger partial charge in [-0.15, -0.1) is 0 Å². The number of carbonyl (C=O) groups is 1. The maximum absolute atomic E-state index is 12.6. The van der Waals surface area contributed by atoms with Crippen molar-refractivity contribution in [3.63, 3.8) is 0 Å². The summed E-state index contributed by atoms with van der Waals surface area (Å²) in [6.45, 7) is 1.69. The molecule has 0 radical (unpaired) electrons. The summed E-state index contributed by atoms with van der Waals surface area (Å²) in [5.74, 6) is -0.713. The van der Waals surface area contributed by atoms with Crippen molar-refractivity contribution in [1.82, 2.24) is 15.2 Å². The van der Waals surface area contributed by atoms with Crippen LogP contribution in [0.3, 0.4) is 0 Å². The Morgan fingerprint density at radius 2 is 1.96 bits per heavy atom. The molecule has 0 fully saturated rings. The van der Waals surface area contributed by atoms with Crippen LogP contribution in [0, 0.1) is 6.92 Å². The van der Waals surface area contributed by atoms with Gasteiger partial charge in [0.05, 0.1) is 7.11 Å². The number of amides is 1. The van der Waals surface area contributed by atoms with Crippen LogP contribution in [-0.2, 0) is 4.79 Å². The van der Waals surface area contributed by atoms with Gasteiger partial charge in [-0.3, -0.25) is 19.5 Å². The van der Waals surface area contributed by atoms with Gasteiger partial charge in [0.2, 0.25) is 5.91 Å². The molecule has 2 heterocycles. The van der Waals surface area contributed by atoms with Crippen molar-refractivity contribution in [3.8, 4) is 5.75 Å². The number of methoxy groups -OCH3 is 1. The normalized spacial score (nSPS) is 12.2. The molecule has 1 aromatic carbocycles. The lowest BCUT2D eigenvalue weighted by molar-refractivity contribution is -0.118. The van der Waals surface area contributed by atoms with Crippen LogP contribution in [0.5, 0.6) is 5.75 Å². The molecule has 2 aromatic heterocycles. The van der Waals surface area contributed by atoms with Gasteiger partial charge in [-0.25, -0.2) is 0 Å². The maximum Gasteiger partial charge on any atom is 0.267 e. The number of nitrogens with one attached hydrogen (secondary N) is 3. The molecule has 0 spiro atoms. The predicted molar refractivity (Wildman–Crippen MR) is 92.9 cm³/mol. The van der Waals surface area contributed by atoms with E-state index in [0.717, 1.165) is 5.39 Å². The molecule has 0 saturated heterocycles. The van der Waals surface area contributed by atoms with E-state index in [4.69, 9.17) is 10.5 Å². The number of aryl methyl sites for hydroxylation is 1. The highest BCUT2D eigenvalue weighted by Gasteiger charge is 2.25. The van der Waals surface area contributed by atoms with Gasteiger partial charge in [0.25, 0.3) is 11.1 Å². The first-order valence-electron chi connectivity index (χ1n) is 7.67. The molecule has 8 nitrogen and oxygen atoms in total. The fraction of sp³-hybridized carbons (Fsp3) is 0.235. The summed E-state index contributed by atoms with van der Waals surface area (Å²) < 4.78 is 5.20. The summed E-state index contributed by atoms with van der Waals surface area (Å²) in [6, 6.07) is 6.90. The molecule has 0 aliphatic heterocycles. The van der Waals surface area contributed by atoms with E-state index in [2.05, 4.69) is 15.2 Å². The molecule has 8 heteroatoms. The second-order valence-corrected chi connectivity index (χ2v) is 5.85. The van der Waals surface area contributed by atoms with Crippen molar-refractivity contribution in [2.45, 2.75) is 19.3 Å². The average molecular weight is 342 g/mol. The zero-order valence-corrected chi connectivity index (χ0v) is 13.8. The maximum atomic E-state index is 12.6. The number of ether oxygens (including phenoxy) is 1. The minimum absolute atomic E-state index is 0.152. The molecular formula is C17H18N4O4. The van der Waals surface area contributed by atoms with Gasteiger partial charge >= 0.3 is 0 Å². The number of fused-ring (bicyclic) bond motifs is 1. The summed E-state index contributed by atoms with van der Waals surface area (Å²) in [5.41, 5.74) is 6.41. The first-order valence-corrected chi connectivity index (χ1v) is 7.67. The third kappa shape index (κ3) is 3.06. The zero-order chi connectivity index (χ0) is 18.1. The van der Waals surface area contributed by atoms with Crippen LogP contribution in [0.15, 0.2) is 33.9 Å². The van der Waals surface area contributed by atoms with E-state index >= 15 is 0 Å². The van der Waals surface area contributed by atoms with E-state index in [-0.39, 0.29) is 17.5 Å². The van der Waals surface area contributed by atoms with E-state index in [9.17, 15) is 14.4 Å². The molecule has 0 aliphatic rings. The second kappa shape index (κ2) is 6.31. The molecule has 0 saturated carbocycles. The van der Waals surface area contributed by atoms with Crippen molar-refractivity contribution in [1.29, 1.82) is 0 Å². The molecule has 1 amide bonds. The number of hydrogen-bond acceptors (Lipinski definition) is 4.